The predicted octanol–water partition coefficient (Wildman–Crippen LogP) is 2.16. The SMILES string of the molecule is O=C(COC(=O)c1ccccc1O)c1ccc2c(c1)OCO2. The maximum Gasteiger partial charge on any atom is 0.342 e. The van der Waals surface area contributed by atoms with Crippen LogP contribution in [-0.4, -0.2) is 30.3 Å². The lowest BCUT2D eigenvalue weighted by Crippen LogP contribution is -2.14. The maximum absolute atomic E-state index is 12.0. The zero-order chi connectivity index (χ0) is 15.5. The molecule has 0 aliphatic carbocycles. The van der Waals surface area contributed by atoms with Crippen molar-refractivity contribution in [1.82, 2.24) is 0 Å². The van der Waals surface area contributed by atoms with Crippen molar-refractivity contribution >= 4 is 11.8 Å². The molecule has 0 atom stereocenters. The van der Waals surface area contributed by atoms with Crippen molar-refractivity contribution in [2.24, 2.45) is 0 Å². The number of Topliss-reactive ketones (excluding diaryl/α,β-unsaturated/α-hetero) is 1. The predicted molar refractivity (Wildman–Crippen MR) is 75.3 cm³/mol. The summed E-state index contributed by atoms with van der Waals surface area (Å²) in [6.45, 7) is -0.304. The first-order valence-electron chi connectivity index (χ1n) is 6.53. The molecule has 6 heteroatoms. The maximum atomic E-state index is 12.0. The number of fused-ring (bicyclic) bond motifs is 1. The lowest BCUT2D eigenvalue weighted by molar-refractivity contribution is 0.0472. The number of hydrogen-bond acceptors (Lipinski definition) is 6. The molecular formula is C16H12O6. The van der Waals surface area contributed by atoms with E-state index in [9.17, 15) is 14.7 Å². The minimum Gasteiger partial charge on any atom is -0.507 e. The third-order valence-electron chi connectivity index (χ3n) is 3.15. The number of ether oxygens (including phenoxy) is 3. The number of para-hydroxylation sites is 1. The van der Waals surface area contributed by atoms with Gasteiger partial charge in [-0.2, -0.15) is 0 Å². The summed E-state index contributed by atoms with van der Waals surface area (Å²) in [5.41, 5.74) is 0.371. The van der Waals surface area contributed by atoms with E-state index >= 15 is 0 Å². The Morgan fingerprint density at radius 2 is 1.86 bits per heavy atom. The number of carbonyl (C=O) groups excluding carboxylic acids is 2. The molecule has 0 aromatic heterocycles. The number of ketones is 1. The minimum atomic E-state index is -0.757. The number of phenols is 1. The first kappa shape index (κ1) is 13.9. The van der Waals surface area contributed by atoms with Gasteiger partial charge >= 0.3 is 5.97 Å². The molecule has 0 radical (unpaired) electrons. The summed E-state index contributed by atoms with van der Waals surface area (Å²) < 4.78 is 15.3. The van der Waals surface area contributed by atoms with E-state index in [4.69, 9.17) is 14.2 Å². The molecule has 2 aromatic rings. The van der Waals surface area contributed by atoms with E-state index in [1.165, 1.54) is 12.1 Å². The van der Waals surface area contributed by atoms with E-state index in [0.29, 0.717) is 17.1 Å². The number of carbonyl (C=O) groups is 2. The number of phenolic OH excluding ortho intramolecular Hbond substituents is 1. The zero-order valence-electron chi connectivity index (χ0n) is 11.4. The molecule has 0 fully saturated rings. The van der Waals surface area contributed by atoms with Crippen molar-refractivity contribution in [3.05, 3.63) is 53.6 Å². The normalized spacial score (nSPS) is 12.0. The molecule has 0 spiro atoms. The topological polar surface area (TPSA) is 82.1 Å². The van der Waals surface area contributed by atoms with Crippen LogP contribution in [0.3, 0.4) is 0 Å². The van der Waals surface area contributed by atoms with E-state index in [0.717, 1.165) is 0 Å². The quantitative estimate of drug-likeness (QED) is 0.688. The van der Waals surface area contributed by atoms with Crippen LogP contribution in [0.2, 0.25) is 0 Å². The second-order valence-electron chi connectivity index (χ2n) is 4.58. The highest BCUT2D eigenvalue weighted by atomic mass is 16.7. The fraction of sp³-hybridized carbons (Fsp3) is 0.125. The van der Waals surface area contributed by atoms with E-state index in [1.807, 2.05) is 0 Å². The molecule has 1 heterocycles. The Hall–Kier alpha value is -3.02. The molecule has 0 saturated carbocycles. The molecule has 0 amide bonds. The Morgan fingerprint density at radius 1 is 1.09 bits per heavy atom. The third kappa shape index (κ3) is 2.71. The Morgan fingerprint density at radius 3 is 2.68 bits per heavy atom. The Balaban J connectivity index is 1.65. The molecule has 0 saturated heterocycles. The van der Waals surface area contributed by atoms with Gasteiger partial charge in [0.1, 0.15) is 11.3 Å². The number of hydrogen-bond donors (Lipinski definition) is 1. The third-order valence-corrected chi connectivity index (χ3v) is 3.15. The van der Waals surface area contributed by atoms with Crippen molar-refractivity contribution in [2.45, 2.75) is 0 Å². The summed E-state index contributed by atoms with van der Waals surface area (Å²) in [5.74, 6) is -0.266. The van der Waals surface area contributed by atoms with Gasteiger partial charge in [-0.25, -0.2) is 4.79 Å². The lowest BCUT2D eigenvalue weighted by atomic mass is 10.1. The van der Waals surface area contributed by atoms with Crippen LogP contribution in [0.5, 0.6) is 17.2 Å². The summed E-state index contributed by atoms with van der Waals surface area (Å²) >= 11 is 0. The molecule has 2 aromatic carbocycles. The van der Waals surface area contributed by atoms with Crippen LogP contribution < -0.4 is 9.47 Å². The first-order chi connectivity index (χ1) is 10.6. The molecule has 6 nitrogen and oxygen atoms in total. The van der Waals surface area contributed by atoms with Crippen LogP contribution >= 0.6 is 0 Å². The van der Waals surface area contributed by atoms with Crippen LogP contribution in [0.4, 0.5) is 0 Å². The highest BCUT2D eigenvalue weighted by Crippen LogP contribution is 2.32. The Kier molecular flexibility index (Phi) is 3.65. The summed E-state index contributed by atoms with van der Waals surface area (Å²) in [5, 5.41) is 9.55. The van der Waals surface area contributed by atoms with Crippen LogP contribution in [-0.2, 0) is 4.74 Å². The molecule has 1 N–H and O–H groups in total. The number of benzene rings is 2. The number of rotatable bonds is 4. The molecule has 22 heavy (non-hydrogen) atoms. The highest BCUT2D eigenvalue weighted by molar-refractivity contribution is 6.00. The smallest absolute Gasteiger partial charge is 0.342 e. The van der Waals surface area contributed by atoms with Crippen molar-refractivity contribution in [1.29, 1.82) is 0 Å². The van der Waals surface area contributed by atoms with Crippen molar-refractivity contribution in [3.8, 4) is 17.2 Å². The van der Waals surface area contributed by atoms with Gasteiger partial charge in [0, 0.05) is 5.56 Å². The van der Waals surface area contributed by atoms with Crippen molar-refractivity contribution in [3.63, 3.8) is 0 Å². The summed E-state index contributed by atoms with van der Waals surface area (Å²) in [7, 11) is 0. The standard InChI is InChI=1S/C16H12O6/c17-12-4-2-1-3-11(12)16(19)20-8-13(18)10-5-6-14-15(7-10)22-9-21-14/h1-7,17H,8-9H2. The molecule has 0 bridgehead atoms. The fourth-order valence-electron chi connectivity index (χ4n) is 2.01. The van der Waals surface area contributed by atoms with E-state index in [1.54, 1.807) is 30.3 Å². The first-order valence-corrected chi connectivity index (χ1v) is 6.53. The molecule has 0 unspecified atom stereocenters. The van der Waals surface area contributed by atoms with Crippen LogP contribution in [0.25, 0.3) is 0 Å². The molecule has 1 aliphatic heterocycles. The van der Waals surface area contributed by atoms with Gasteiger partial charge in [-0.15, -0.1) is 0 Å². The number of esters is 1. The Bertz CT molecular complexity index is 737. The molecule has 112 valence electrons. The minimum absolute atomic E-state index is 0.0148. The second-order valence-corrected chi connectivity index (χ2v) is 4.58. The van der Waals surface area contributed by atoms with Gasteiger partial charge in [0.05, 0.1) is 0 Å². The largest absolute Gasteiger partial charge is 0.507 e. The van der Waals surface area contributed by atoms with Gasteiger partial charge in [0.2, 0.25) is 6.79 Å². The Labute approximate surface area is 125 Å². The number of aromatic hydroxyl groups is 1. The van der Waals surface area contributed by atoms with Gasteiger partial charge in [0.25, 0.3) is 0 Å². The van der Waals surface area contributed by atoms with Gasteiger partial charge in [-0.1, -0.05) is 12.1 Å². The average Bonchev–Trinajstić information content (AvgIpc) is 3.00. The van der Waals surface area contributed by atoms with Crippen LogP contribution in [0.1, 0.15) is 20.7 Å². The fourth-order valence-corrected chi connectivity index (χ4v) is 2.01. The summed E-state index contributed by atoms with van der Waals surface area (Å²) in [6, 6.07) is 10.7. The monoisotopic (exact) mass is 300 g/mol. The molecule has 1 aliphatic rings. The summed E-state index contributed by atoms with van der Waals surface area (Å²) in [6.07, 6.45) is 0. The van der Waals surface area contributed by atoms with Gasteiger partial charge in [-0.3, -0.25) is 4.79 Å². The van der Waals surface area contributed by atoms with E-state index < -0.39 is 12.6 Å². The average molecular weight is 300 g/mol. The van der Waals surface area contributed by atoms with Gasteiger partial charge in [-0.05, 0) is 30.3 Å². The van der Waals surface area contributed by atoms with E-state index in [-0.39, 0.29) is 23.9 Å². The highest BCUT2D eigenvalue weighted by Gasteiger charge is 2.18. The second kappa shape index (κ2) is 5.77. The van der Waals surface area contributed by atoms with Crippen LogP contribution in [0.15, 0.2) is 42.5 Å². The van der Waals surface area contributed by atoms with E-state index in [2.05, 4.69) is 0 Å². The van der Waals surface area contributed by atoms with Gasteiger partial charge in [0.15, 0.2) is 23.9 Å². The molecular weight excluding hydrogens is 288 g/mol. The zero-order valence-corrected chi connectivity index (χ0v) is 11.4. The molecule has 3 rings (SSSR count). The lowest BCUT2D eigenvalue weighted by Gasteiger charge is -2.06. The van der Waals surface area contributed by atoms with Crippen molar-refractivity contribution in [2.75, 3.05) is 13.4 Å². The van der Waals surface area contributed by atoms with Crippen LogP contribution in [0, 0.1) is 0 Å². The van der Waals surface area contributed by atoms with Crippen molar-refractivity contribution < 1.29 is 28.9 Å². The van der Waals surface area contributed by atoms with Gasteiger partial charge < -0.3 is 19.3 Å². The summed E-state index contributed by atoms with van der Waals surface area (Å²) in [4.78, 5) is 23.8.